The molecule has 0 fully saturated rings. The lowest BCUT2D eigenvalue weighted by Gasteiger charge is -2.45. The summed E-state index contributed by atoms with van der Waals surface area (Å²) in [5, 5.41) is 6.59. The molecule has 0 saturated carbocycles. The van der Waals surface area contributed by atoms with Gasteiger partial charge in [-0.15, -0.1) is 0 Å². The fourth-order valence-electron chi connectivity index (χ4n) is 4.73. The van der Waals surface area contributed by atoms with Gasteiger partial charge in [0, 0.05) is 18.2 Å². The minimum absolute atomic E-state index is 0.132. The molecule has 0 aromatic heterocycles. The summed E-state index contributed by atoms with van der Waals surface area (Å²) in [7, 11) is -10.7. The second-order valence-corrected chi connectivity index (χ2v) is 26.9. The lowest BCUT2D eigenvalue weighted by molar-refractivity contribution is -0.117. The highest BCUT2D eigenvalue weighted by Gasteiger charge is 2.53. The predicted octanol–water partition coefficient (Wildman–Crippen LogP) is 5.39. The minimum Gasteiger partial charge on any atom is -0.412 e. The van der Waals surface area contributed by atoms with Gasteiger partial charge in [-0.05, 0) is 68.2 Å². The number of hydrogen-bond acceptors (Lipinski definition) is 4. The van der Waals surface area contributed by atoms with Crippen LogP contribution in [-0.4, -0.2) is 46.2 Å². The van der Waals surface area contributed by atoms with Crippen molar-refractivity contribution < 1.29 is 17.1 Å². The Morgan fingerprint density at radius 1 is 0.650 bits per heavy atom. The van der Waals surface area contributed by atoms with Gasteiger partial charge in [0.05, 0.1) is 0 Å². The number of carbonyl (C=O) groups excluding carboxylic acids is 1. The molecule has 0 spiro atoms. The first-order chi connectivity index (χ1) is 18.8. The van der Waals surface area contributed by atoms with Gasteiger partial charge in [-0.3, -0.25) is 4.79 Å². The van der Waals surface area contributed by atoms with Gasteiger partial charge in [0.25, 0.3) is 0 Å². The van der Waals surface area contributed by atoms with E-state index < -0.39 is 33.8 Å². The molecule has 0 unspecified atom stereocenters. The molecule has 0 saturated heterocycles. The monoisotopic (exact) mass is 607 g/mol. The van der Waals surface area contributed by atoms with Gasteiger partial charge in [-0.1, -0.05) is 97.6 Å². The third-order valence-electron chi connectivity index (χ3n) is 6.97. The van der Waals surface area contributed by atoms with Gasteiger partial charge in [0.2, 0.25) is 30.9 Å². The molecule has 3 rings (SSSR count). The van der Waals surface area contributed by atoms with Crippen LogP contribution in [0.1, 0.15) is 13.3 Å². The van der Waals surface area contributed by atoms with Gasteiger partial charge < -0.3 is 17.7 Å². The fraction of sp³-hybridized carbons (Fsp3) is 0.323. The van der Waals surface area contributed by atoms with Crippen LogP contribution in [0.2, 0.25) is 45.3 Å². The van der Waals surface area contributed by atoms with Gasteiger partial charge >= 0.3 is 8.80 Å². The summed E-state index contributed by atoms with van der Waals surface area (Å²) in [5.41, 5.74) is 0.500. The van der Waals surface area contributed by atoms with Crippen molar-refractivity contribution in [3.05, 3.63) is 103 Å². The molecule has 3 aromatic carbocycles. The summed E-state index contributed by atoms with van der Waals surface area (Å²) in [4.78, 5) is 12.2. The number of rotatable bonds is 14. The maximum Gasteiger partial charge on any atom is 0.470 e. The van der Waals surface area contributed by atoms with Crippen LogP contribution in [0, 0.1) is 0 Å². The van der Waals surface area contributed by atoms with E-state index >= 15 is 0 Å². The van der Waals surface area contributed by atoms with Crippen molar-refractivity contribution in [2.75, 3.05) is 6.54 Å². The number of carbonyl (C=O) groups is 1. The summed E-state index contributed by atoms with van der Waals surface area (Å²) in [6.45, 7) is 19.4. The first-order valence-corrected chi connectivity index (χ1v) is 24.6. The van der Waals surface area contributed by atoms with Crippen molar-refractivity contribution in [1.82, 2.24) is 5.32 Å². The molecule has 0 heterocycles. The summed E-state index contributed by atoms with van der Waals surface area (Å²) in [5.74, 6) is -0.132. The molecule has 5 nitrogen and oxygen atoms in total. The van der Waals surface area contributed by atoms with Gasteiger partial charge in [0.15, 0.2) is 0 Å². The number of nitrogens with one attached hydrogen (secondary N) is 1. The largest absolute Gasteiger partial charge is 0.470 e. The average Bonchev–Trinajstić information content (AvgIpc) is 2.91. The average molecular weight is 608 g/mol. The highest BCUT2D eigenvalue weighted by Crippen LogP contribution is 2.30. The summed E-state index contributed by atoms with van der Waals surface area (Å²) < 4.78 is 22.1. The summed E-state index contributed by atoms with van der Waals surface area (Å²) >= 11 is 0. The lowest BCUT2D eigenvalue weighted by atomic mass is 10.3. The zero-order chi connectivity index (χ0) is 29.4. The third kappa shape index (κ3) is 8.81. The Morgan fingerprint density at radius 3 is 1.27 bits per heavy atom. The molecule has 3 aromatic rings. The van der Waals surface area contributed by atoms with Crippen LogP contribution in [-0.2, 0) is 17.1 Å². The molecule has 0 aliphatic heterocycles. The molecule has 0 atom stereocenters. The lowest BCUT2D eigenvalue weighted by Crippen LogP contribution is -2.67. The Kier molecular flexibility index (Phi) is 10.9. The molecule has 0 aliphatic carbocycles. The van der Waals surface area contributed by atoms with Crippen LogP contribution >= 0.6 is 0 Å². The number of benzene rings is 3. The molecule has 214 valence electrons. The maximum atomic E-state index is 12.2. The van der Waals surface area contributed by atoms with E-state index in [0.29, 0.717) is 24.6 Å². The summed E-state index contributed by atoms with van der Waals surface area (Å²) in [6.07, 6.45) is 0.684. The van der Waals surface area contributed by atoms with Crippen molar-refractivity contribution in [3.8, 4) is 0 Å². The van der Waals surface area contributed by atoms with Gasteiger partial charge in [-0.25, -0.2) is 0 Å². The smallest absolute Gasteiger partial charge is 0.412 e. The molecule has 0 bridgehead atoms. The van der Waals surface area contributed by atoms with E-state index in [1.54, 1.807) is 6.92 Å². The number of hydrogen-bond donors (Lipinski definition) is 1. The van der Waals surface area contributed by atoms with E-state index in [-0.39, 0.29) is 5.91 Å². The SMILES string of the molecule is C=C(C)C(=O)NCCC[Si](O[Si](C)(C)c1ccccc1)(O[Si](C)(C)c1ccccc1)O[Si](C)(C)c1ccccc1. The highest BCUT2D eigenvalue weighted by molar-refractivity contribution is 6.98. The first kappa shape index (κ1) is 32.1. The maximum absolute atomic E-state index is 12.2. The first-order valence-electron chi connectivity index (χ1n) is 14.0. The van der Waals surface area contributed by atoms with Crippen molar-refractivity contribution >= 4 is 55.2 Å². The molecule has 1 amide bonds. The molecular formula is C31H45NO4Si4. The molecule has 40 heavy (non-hydrogen) atoms. The van der Waals surface area contributed by atoms with Gasteiger partial charge in [0.1, 0.15) is 0 Å². The Hall–Kier alpha value is -2.38. The zero-order valence-corrected chi connectivity index (χ0v) is 29.1. The van der Waals surface area contributed by atoms with E-state index in [4.69, 9.17) is 12.3 Å². The van der Waals surface area contributed by atoms with Crippen molar-refractivity contribution in [2.24, 2.45) is 0 Å². The topological polar surface area (TPSA) is 56.8 Å². The standard InChI is InChI=1S/C31H45NO4Si4/c1-27(2)31(33)32-25-18-26-40(34-37(3,4)28-19-12-9-13-20-28,35-38(5,6)29-21-14-10-15-22-29)36-39(7,8)30-23-16-11-17-24-30/h9-17,19-24H,1,18,25-26H2,2-8H3,(H,32,33). The van der Waals surface area contributed by atoms with Crippen LogP contribution in [0.4, 0.5) is 0 Å². The zero-order valence-electron chi connectivity index (χ0n) is 25.1. The molecule has 0 radical (unpaired) electrons. The Balaban J connectivity index is 2.07. The van der Waals surface area contributed by atoms with Crippen LogP contribution in [0.25, 0.3) is 0 Å². The molecule has 9 heteroatoms. The molecule has 0 aliphatic rings. The minimum atomic E-state index is -3.34. The van der Waals surface area contributed by atoms with E-state index in [2.05, 4.69) is 124 Å². The second kappa shape index (κ2) is 13.5. The van der Waals surface area contributed by atoms with E-state index in [0.717, 1.165) is 0 Å². The van der Waals surface area contributed by atoms with Crippen molar-refractivity contribution in [2.45, 2.75) is 58.7 Å². The molecular weight excluding hydrogens is 563 g/mol. The Morgan fingerprint density at radius 2 is 0.975 bits per heavy atom. The third-order valence-corrected chi connectivity index (χ3v) is 23.0. The van der Waals surface area contributed by atoms with Crippen molar-refractivity contribution in [1.29, 1.82) is 0 Å². The van der Waals surface area contributed by atoms with E-state index in [9.17, 15) is 4.79 Å². The van der Waals surface area contributed by atoms with Crippen LogP contribution in [0.3, 0.4) is 0 Å². The van der Waals surface area contributed by atoms with E-state index in [1.165, 1.54) is 15.6 Å². The Bertz CT molecular complexity index is 1120. The molecule has 1 N–H and O–H groups in total. The quantitative estimate of drug-likeness (QED) is 0.152. The fourth-order valence-corrected chi connectivity index (χ4v) is 21.9. The van der Waals surface area contributed by atoms with Crippen LogP contribution < -0.4 is 20.9 Å². The number of amides is 1. The predicted molar refractivity (Wildman–Crippen MR) is 177 cm³/mol. The normalized spacial score (nSPS) is 12.7. The van der Waals surface area contributed by atoms with E-state index in [1.807, 2.05) is 18.2 Å². The van der Waals surface area contributed by atoms with Crippen LogP contribution in [0.15, 0.2) is 103 Å². The Labute approximate surface area is 245 Å². The van der Waals surface area contributed by atoms with Crippen molar-refractivity contribution in [3.63, 3.8) is 0 Å². The van der Waals surface area contributed by atoms with Crippen LogP contribution in [0.5, 0.6) is 0 Å². The summed E-state index contributed by atoms with van der Waals surface area (Å²) in [6, 6.07) is 32.0. The second-order valence-electron chi connectivity index (χ2n) is 11.8. The highest BCUT2D eigenvalue weighted by atomic mass is 28.5. The van der Waals surface area contributed by atoms with Gasteiger partial charge in [-0.2, -0.15) is 0 Å².